The predicted octanol–water partition coefficient (Wildman–Crippen LogP) is -1.48. The van der Waals surface area contributed by atoms with Crippen molar-refractivity contribution in [3.8, 4) is 0 Å². The van der Waals surface area contributed by atoms with Crippen LogP contribution in [-0.4, -0.2) is 69.2 Å². The molecule has 1 aliphatic heterocycles. The molecule has 0 spiro atoms. The number of rotatable bonds is 7. The van der Waals surface area contributed by atoms with E-state index in [0.29, 0.717) is 4.57 Å². The standard InChI is InChI=1S/C15H21FN3O10P/c1-7(9(21)26-3)18-30(25,27-4)29-10-14(24)13(2,23)11(28-15(10,14)16)19-6-5-8(20)17-12(19)22/h5-7,10-11,23-24H,1-4H3,(H,18,25)(H,17,20,22)/t7-,10-,11+,13-,14-,15+,30?/m0/s1. The van der Waals surface area contributed by atoms with Crippen LogP contribution in [0.1, 0.15) is 20.1 Å². The SMILES string of the molecule is COC(=O)[C@H](C)NP(=O)(OC)O[C@H]1[C@]2(O)[C@@](C)(O)[C@H](n3ccc(=O)[nH]c3=O)O[C@]12F. The molecule has 1 aromatic heterocycles. The van der Waals surface area contributed by atoms with E-state index in [0.717, 1.165) is 33.4 Å². The number of esters is 1. The third kappa shape index (κ3) is 3.07. The molecule has 15 heteroatoms. The maximum absolute atomic E-state index is 15.4. The Hall–Kier alpha value is -1.93. The molecular formula is C15H21FN3O10P. The monoisotopic (exact) mass is 453 g/mol. The number of alkyl halides is 1. The normalized spacial score (nSPS) is 37.8. The Bertz CT molecular complexity index is 1030. The number of fused-ring (bicyclic) bond motifs is 1. The number of aliphatic hydroxyl groups is 2. The fraction of sp³-hybridized carbons (Fsp3) is 0.667. The summed E-state index contributed by atoms with van der Waals surface area (Å²) >= 11 is 0. The smallest absolute Gasteiger partial charge is 0.406 e. The highest BCUT2D eigenvalue weighted by molar-refractivity contribution is 7.51. The molecule has 0 bridgehead atoms. The van der Waals surface area contributed by atoms with Crippen molar-refractivity contribution >= 4 is 13.7 Å². The molecule has 2 aliphatic rings. The maximum Gasteiger partial charge on any atom is 0.406 e. The number of aromatic nitrogens is 2. The Morgan fingerprint density at radius 3 is 2.53 bits per heavy atom. The summed E-state index contributed by atoms with van der Waals surface area (Å²) in [6, 6.07) is -0.246. The van der Waals surface area contributed by atoms with Gasteiger partial charge >= 0.3 is 19.4 Å². The number of hydrogen-bond donors (Lipinski definition) is 4. The molecule has 1 aliphatic carbocycles. The lowest BCUT2D eigenvalue weighted by Gasteiger charge is -2.32. The van der Waals surface area contributed by atoms with E-state index in [1.807, 2.05) is 4.98 Å². The Kier molecular flexibility index (Phi) is 5.35. The molecule has 0 radical (unpaired) electrons. The second-order valence-electron chi connectivity index (χ2n) is 7.09. The predicted molar refractivity (Wildman–Crippen MR) is 95.0 cm³/mol. The van der Waals surface area contributed by atoms with E-state index >= 15 is 4.39 Å². The highest BCUT2D eigenvalue weighted by Gasteiger charge is 2.95. The molecule has 1 aromatic rings. The first-order chi connectivity index (χ1) is 13.8. The highest BCUT2D eigenvalue weighted by Crippen LogP contribution is 2.71. The van der Waals surface area contributed by atoms with Crippen molar-refractivity contribution in [3.63, 3.8) is 0 Å². The molecule has 168 valence electrons. The van der Waals surface area contributed by atoms with Gasteiger partial charge in [-0.15, -0.1) is 0 Å². The van der Waals surface area contributed by atoms with Crippen LogP contribution < -0.4 is 16.3 Å². The molecular weight excluding hydrogens is 432 g/mol. The van der Waals surface area contributed by atoms with Crippen molar-refractivity contribution in [2.45, 2.75) is 49.3 Å². The molecule has 1 saturated carbocycles. The van der Waals surface area contributed by atoms with Crippen molar-refractivity contribution in [2.75, 3.05) is 14.2 Å². The van der Waals surface area contributed by atoms with Gasteiger partial charge in [0.1, 0.15) is 11.6 Å². The van der Waals surface area contributed by atoms with Crippen LogP contribution in [0.2, 0.25) is 0 Å². The molecule has 2 fully saturated rings. The number of carbonyl (C=O) groups is 1. The van der Waals surface area contributed by atoms with Gasteiger partial charge in [0.2, 0.25) is 0 Å². The van der Waals surface area contributed by atoms with Crippen LogP contribution in [0.4, 0.5) is 4.39 Å². The van der Waals surface area contributed by atoms with E-state index < -0.39 is 60.4 Å². The fourth-order valence-electron chi connectivity index (χ4n) is 3.41. The molecule has 0 aromatic carbocycles. The van der Waals surface area contributed by atoms with Crippen molar-refractivity contribution < 1.29 is 42.5 Å². The Morgan fingerprint density at radius 1 is 1.43 bits per heavy atom. The number of H-pyrrole nitrogens is 1. The third-order valence-electron chi connectivity index (χ3n) is 5.18. The van der Waals surface area contributed by atoms with Crippen LogP contribution in [-0.2, 0) is 27.9 Å². The zero-order valence-corrected chi connectivity index (χ0v) is 17.2. The number of methoxy groups -OCH3 is 1. The lowest BCUT2D eigenvalue weighted by atomic mass is 9.95. The topological polar surface area (TPSA) is 178 Å². The summed E-state index contributed by atoms with van der Waals surface area (Å²) in [5.74, 6) is -3.90. The van der Waals surface area contributed by atoms with Gasteiger partial charge in [-0.05, 0) is 13.8 Å². The van der Waals surface area contributed by atoms with Gasteiger partial charge in [0.15, 0.2) is 17.9 Å². The summed E-state index contributed by atoms with van der Waals surface area (Å²) in [7, 11) is -2.34. The summed E-state index contributed by atoms with van der Waals surface area (Å²) < 4.78 is 48.1. The van der Waals surface area contributed by atoms with Crippen molar-refractivity contribution in [2.24, 2.45) is 0 Å². The lowest BCUT2D eigenvalue weighted by Crippen LogP contribution is -2.51. The maximum atomic E-state index is 15.4. The van der Waals surface area contributed by atoms with Crippen LogP contribution >= 0.6 is 7.75 Å². The second kappa shape index (κ2) is 7.05. The first-order valence-electron chi connectivity index (χ1n) is 8.60. The minimum absolute atomic E-state index is 0.678. The summed E-state index contributed by atoms with van der Waals surface area (Å²) in [5.41, 5.74) is -6.98. The number of ether oxygens (including phenoxy) is 2. The van der Waals surface area contributed by atoms with Gasteiger partial charge in [-0.2, -0.15) is 0 Å². The van der Waals surface area contributed by atoms with E-state index in [2.05, 4.69) is 9.82 Å². The average Bonchev–Trinajstić information content (AvgIpc) is 3.07. The van der Waals surface area contributed by atoms with Crippen LogP contribution in [0.15, 0.2) is 21.9 Å². The van der Waals surface area contributed by atoms with Gasteiger partial charge in [-0.25, -0.2) is 18.8 Å². The number of nitrogens with one attached hydrogen (secondary N) is 2. The van der Waals surface area contributed by atoms with Crippen LogP contribution in [0.25, 0.3) is 0 Å². The van der Waals surface area contributed by atoms with Crippen molar-refractivity contribution in [1.29, 1.82) is 0 Å². The third-order valence-corrected chi connectivity index (χ3v) is 6.86. The Balaban J connectivity index is 1.87. The van der Waals surface area contributed by atoms with Gasteiger partial charge in [-0.1, -0.05) is 0 Å². The Labute approximate surface area is 168 Å². The van der Waals surface area contributed by atoms with Gasteiger partial charge in [0.05, 0.1) is 7.11 Å². The molecule has 7 atom stereocenters. The van der Waals surface area contributed by atoms with Crippen molar-refractivity contribution in [3.05, 3.63) is 33.1 Å². The van der Waals surface area contributed by atoms with Gasteiger partial charge in [-0.3, -0.25) is 23.7 Å². The van der Waals surface area contributed by atoms with Gasteiger partial charge < -0.3 is 24.2 Å². The Morgan fingerprint density at radius 2 is 2.07 bits per heavy atom. The molecule has 3 rings (SSSR count). The number of halogens is 1. The van der Waals surface area contributed by atoms with Crippen LogP contribution in [0, 0.1) is 0 Å². The molecule has 1 unspecified atom stereocenters. The van der Waals surface area contributed by atoms with E-state index in [4.69, 9.17) is 13.8 Å². The number of carbonyl (C=O) groups excluding carboxylic acids is 1. The number of aromatic amines is 1. The molecule has 1 saturated heterocycles. The summed E-state index contributed by atoms with van der Waals surface area (Å²) in [6.07, 6.45) is -2.80. The minimum Gasteiger partial charge on any atom is -0.468 e. The van der Waals surface area contributed by atoms with Crippen LogP contribution in [0.5, 0.6) is 0 Å². The molecule has 4 N–H and O–H groups in total. The quantitative estimate of drug-likeness (QED) is 0.279. The largest absolute Gasteiger partial charge is 0.468 e. The summed E-state index contributed by atoms with van der Waals surface area (Å²) in [6.45, 7) is 2.25. The first-order valence-corrected chi connectivity index (χ1v) is 10.1. The van der Waals surface area contributed by atoms with E-state index in [1.165, 1.54) is 6.92 Å². The van der Waals surface area contributed by atoms with E-state index in [-0.39, 0.29) is 0 Å². The van der Waals surface area contributed by atoms with Crippen molar-refractivity contribution in [1.82, 2.24) is 14.6 Å². The molecule has 2 heterocycles. The van der Waals surface area contributed by atoms with Gasteiger partial charge in [0, 0.05) is 19.4 Å². The average molecular weight is 453 g/mol. The second-order valence-corrected chi connectivity index (χ2v) is 8.92. The zero-order valence-electron chi connectivity index (χ0n) is 16.3. The molecule has 13 nitrogen and oxygen atoms in total. The first kappa shape index (κ1) is 22.7. The zero-order chi connectivity index (χ0) is 22.7. The number of hydrogen-bond acceptors (Lipinski definition) is 10. The highest BCUT2D eigenvalue weighted by atomic mass is 31.2. The molecule has 30 heavy (non-hydrogen) atoms. The molecule has 0 amide bonds. The minimum atomic E-state index is -4.38. The van der Waals surface area contributed by atoms with Crippen LogP contribution in [0.3, 0.4) is 0 Å². The summed E-state index contributed by atoms with van der Waals surface area (Å²) in [4.78, 5) is 36.6. The number of nitrogens with zero attached hydrogens (tertiary/aromatic N) is 1. The fourth-order valence-corrected chi connectivity index (χ4v) is 4.81. The lowest BCUT2D eigenvalue weighted by molar-refractivity contribution is -0.181. The van der Waals surface area contributed by atoms with E-state index in [1.54, 1.807) is 0 Å². The van der Waals surface area contributed by atoms with E-state index in [9.17, 15) is 29.2 Å². The summed E-state index contributed by atoms with van der Waals surface area (Å²) in [5, 5.41) is 23.8. The van der Waals surface area contributed by atoms with Gasteiger partial charge in [0.25, 0.3) is 11.4 Å².